The first-order chi connectivity index (χ1) is 16.2. The van der Waals surface area contributed by atoms with Gasteiger partial charge in [0.25, 0.3) is 0 Å². The molecule has 0 saturated carbocycles. The fourth-order valence-corrected chi connectivity index (χ4v) is 4.26. The van der Waals surface area contributed by atoms with Gasteiger partial charge in [-0.25, -0.2) is 0 Å². The Hall–Kier alpha value is -2.64. The number of phenols is 1. The number of ether oxygens (including phenoxy) is 1. The number of aryl methyl sites for hydroxylation is 1. The highest BCUT2D eigenvalue weighted by Gasteiger charge is 2.33. The molecule has 1 aliphatic rings. The molecule has 0 aliphatic heterocycles. The average Bonchev–Trinajstić information content (AvgIpc) is 3.05. The van der Waals surface area contributed by atoms with E-state index in [9.17, 15) is 24.9 Å². The Morgan fingerprint density at radius 1 is 1.18 bits per heavy atom. The number of hydrogen-bond donors (Lipinski definition) is 4. The Kier molecular flexibility index (Phi) is 11.3. The molecule has 1 aromatic carbocycles. The largest absolute Gasteiger partial charge is 0.508 e. The maximum atomic E-state index is 12.1. The van der Waals surface area contributed by atoms with Crippen molar-refractivity contribution in [2.24, 2.45) is 5.92 Å². The summed E-state index contributed by atoms with van der Waals surface area (Å²) in [6.07, 6.45) is 7.47. The van der Waals surface area contributed by atoms with Crippen molar-refractivity contribution in [1.29, 1.82) is 0 Å². The summed E-state index contributed by atoms with van der Waals surface area (Å²) >= 11 is 0. The lowest BCUT2D eigenvalue weighted by Gasteiger charge is -2.16. The van der Waals surface area contributed by atoms with Gasteiger partial charge in [-0.2, -0.15) is 0 Å². The van der Waals surface area contributed by atoms with Crippen molar-refractivity contribution in [3.05, 3.63) is 52.8 Å². The minimum Gasteiger partial charge on any atom is -0.508 e. The van der Waals surface area contributed by atoms with Gasteiger partial charge in [-0.05, 0) is 55.4 Å². The predicted octanol–water partition coefficient (Wildman–Crippen LogP) is 4.56. The van der Waals surface area contributed by atoms with Gasteiger partial charge in [0.05, 0.1) is 12.2 Å². The molecule has 0 amide bonds. The number of aliphatic hydroxyl groups excluding tert-OH is 2. The second kappa shape index (κ2) is 13.9. The molecule has 7 heteroatoms. The number of carboxylic acid groups (broad SMARTS) is 1. The SMILES string of the molecule is CCCC(=O)OC1=C(CCCCCCC(=O)O)[C@@H](C=C[C@H](O)Cc2ccc(O)c(C)c2)[C@H](O)C1. The second-order valence-electron chi connectivity index (χ2n) is 9.05. The number of carboxylic acids is 1. The van der Waals surface area contributed by atoms with Crippen LogP contribution in [0.3, 0.4) is 0 Å². The molecule has 188 valence electrons. The van der Waals surface area contributed by atoms with E-state index < -0.39 is 18.2 Å². The van der Waals surface area contributed by atoms with Crippen molar-refractivity contribution >= 4 is 11.9 Å². The van der Waals surface area contributed by atoms with Crippen LogP contribution in [-0.4, -0.2) is 44.6 Å². The van der Waals surface area contributed by atoms with E-state index in [2.05, 4.69) is 0 Å². The summed E-state index contributed by atoms with van der Waals surface area (Å²) in [6, 6.07) is 5.21. The van der Waals surface area contributed by atoms with Gasteiger partial charge in [0.15, 0.2) is 0 Å². The van der Waals surface area contributed by atoms with E-state index >= 15 is 0 Å². The first-order valence-electron chi connectivity index (χ1n) is 12.2. The zero-order valence-electron chi connectivity index (χ0n) is 20.2. The molecule has 7 nitrogen and oxygen atoms in total. The maximum absolute atomic E-state index is 12.1. The fraction of sp³-hybridized carbons (Fsp3) is 0.556. The number of aliphatic hydroxyl groups is 2. The molecular weight excluding hydrogens is 436 g/mol. The number of esters is 1. The third-order valence-corrected chi connectivity index (χ3v) is 6.09. The van der Waals surface area contributed by atoms with Crippen molar-refractivity contribution in [3.63, 3.8) is 0 Å². The zero-order chi connectivity index (χ0) is 25.1. The summed E-state index contributed by atoms with van der Waals surface area (Å²) in [7, 11) is 0. The smallest absolute Gasteiger partial charge is 0.310 e. The van der Waals surface area contributed by atoms with Gasteiger partial charge < -0.3 is 25.2 Å². The Bertz CT molecular complexity index is 887. The first-order valence-corrected chi connectivity index (χ1v) is 12.2. The van der Waals surface area contributed by atoms with Crippen LogP contribution in [0.2, 0.25) is 0 Å². The molecule has 0 heterocycles. The number of carbonyl (C=O) groups is 2. The molecular formula is C27H38O7. The van der Waals surface area contributed by atoms with Crippen LogP contribution in [0.1, 0.15) is 75.8 Å². The minimum absolute atomic E-state index is 0.158. The van der Waals surface area contributed by atoms with Crippen molar-refractivity contribution in [3.8, 4) is 5.75 Å². The van der Waals surface area contributed by atoms with Crippen LogP contribution in [0.4, 0.5) is 0 Å². The van der Waals surface area contributed by atoms with Crippen LogP contribution in [-0.2, 0) is 20.7 Å². The van der Waals surface area contributed by atoms with Gasteiger partial charge in [-0.1, -0.05) is 44.1 Å². The summed E-state index contributed by atoms with van der Waals surface area (Å²) in [6.45, 7) is 3.70. The lowest BCUT2D eigenvalue weighted by Crippen LogP contribution is -2.16. The van der Waals surface area contributed by atoms with Crippen LogP contribution in [0.5, 0.6) is 5.75 Å². The monoisotopic (exact) mass is 474 g/mol. The van der Waals surface area contributed by atoms with Crippen molar-refractivity contribution in [2.45, 2.75) is 90.3 Å². The zero-order valence-corrected chi connectivity index (χ0v) is 20.2. The van der Waals surface area contributed by atoms with E-state index in [0.29, 0.717) is 37.9 Å². The van der Waals surface area contributed by atoms with Crippen molar-refractivity contribution in [2.75, 3.05) is 0 Å². The van der Waals surface area contributed by atoms with E-state index in [1.807, 2.05) is 13.0 Å². The normalized spacial score (nSPS) is 19.1. The molecule has 0 spiro atoms. The molecule has 0 unspecified atom stereocenters. The molecule has 0 radical (unpaired) electrons. The van der Waals surface area contributed by atoms with Gasteiger partial charge in [0.2, 0.25) is 0 Å². The van der Waals surface area contributed by atoms with Crippen LogP contribution in [0.15, 0.2) is 41.7 Å². The van der Waals surface area contributed by atoms with E-state index in [-0.39, 0.29) is 30.5 Å². The summed E-state index contributed by atoms with van der Waals surface area (Å²) in [4.78, 5) is 22.8. The van der Waals surface area contributed by atoms with Crippen LogP contribution in [0, 0.1) is 12.8 Å². The molecule has 4 N–H and O–H groups in total. The Morgan fingerprint density at radius 2 is 1.91 bits per heavy atom. The summed E-state index contributed by atoms with van der Waals surface area (Å²) < 4.78 is 5.58. The topological polar surface area (TPSA) is 124 Å². The molecule has 0 saturated heterocycles. The Balaban J connectivity index is 2.06. The molecule has 2 rings (SSSR count). The molecule has 0 aromatic heterocycles. The highest BCUT2D eigenvalue weighted by molar-refractivity contribution is 5.70. The number of aromatic hydroxyl groups is 1. The summed E-state index contributed by atoms with van der Waals surface area (Å²) in [5.74, 6) is -0.714. The van der Waals surface area contributed by atoms with Gasteiger partial charge in [-0.3, -0.25) is 9.59 Å². The number of aliphatic carboxylic acids is 1. The lowest BCUT2D eigenvalue weighted by atomic mass is 9.93. The van der Waals surface area contributed by atoms with Crippen molar-refractivity contribution < 1.29 is 34.8 Å². The number of carbonyl (C=O) groups excluding carboxylic acids is 1. The summed E-state index contributed by atoms with van der Waals surface area (Å²) in [5, 5.41) is 39.6. The fourth-order valence-electron chi connectivity index (χ4n) is 4.26. The van der Waals surface area contributed by atoms with E-state index in [4.69, 9.17) is 9.84 Å². The number of hydrogen-bond acceptors (Lipinski definition) is 6. The standard InChI is InChI=1S/C27H38O7/c1-3-8-27(33)34-25-17-24(30)21(22(25)9-6-4-5-7-10-26(31)32)13-12-20(28)16-19-11-14-23(29)18(2)15-19/h11-15,20-21,24,28-30H,3-10,16-17H2,1-2H3,(H,31,32)/t20-,21+,24+/m0/s1. The van der Waals surface area contributed by atoms with E-state index in [0.717, 1.165) is 36.0 Å². The van der Waals surface area contributed by atoms with Crippen LogP contribution >= 0.6 is 0 Å². The summed E-state index contributed by atoms with van der Waals surface area (Å²) in [5.41, 5.74) is 2.51. The molecule has 3 atom stereocenters. The molecule has 1 aromatic rings. The average molecular weight is 475 g/mol. The van der Waals surface area contributed by atoms with Gasteiger partial charge >= 0.3 is 11.9 Å². The maximum Gasteiger partial charge on any atom is 0.310 e. The van der Waals surface area contributed by atoms with E-state index in [1.165, 1.54) is 0 Å². The Morgan fingerprint density at radius 3 is 2.59 bits per heavy atom. The first kappa shape index (κ1) is 27.6. The number of phenolic OH excluding ortho intramolecular Hbond substituents is 1. The lowest BCUT2D eigenvalue weighted by molar-refractivity contribution is -0.140. The second-order valence-corrected chi connectivity index (χ2v) is 9.05. The molecule has 0 bridgehead atoms. The van der Waals surface area contributed by atoms with E-state index in [1.54, 1.807) is 31.2 Å². The highest BCUT2D eigenvalue weighted by Crippen LogP contribution is 2.37. The molecule has 34 heavy (non-hydrogen) atoms. The number of rotatable bonds is 14. The van der Waals surface area contributed by atoms with Crippen LogP contribution < -0.4 is 0 Å². The predicted molar refractivity (Wildman–Crippen MR) is 129 cm³/mol. The quantitative estimate of drug-likeness (QED) is 0.177. The number of unbranched alkanes of at least 4 members (excludes halogenated alkanes) is 3. The van der Waals surface area contributed by atoms with Gasteiger partial charge in [-0.15, -0.1) is 0 Å². The van der Waals surface area contributed by atoms with Gasteiger partial charge in [0.1, 0.15) is 11.5 Å². The Labute approximate surface area is 201 Å². The van der Waals surface area contributed by atoms with Crippen LogP contribution in [0.25, 0.3) is 0 Å². The third kappa shape index (κ3) is 8.95. The van der Waals surface area contributed by atoms with Crippen molar-refractivity contribution in [1.82, 2.24) is 0 Å². The number of benzene rings is 1. The van der Waals surface area contributed by atoms with Gasteiger partial charge in [0, 0.05) is 31.6 Å². The molecule has 0 fully saturated rings. The highest BCUT2D eigenvalue weighted by atomic mass is 16.5. The molecule has 1 aliphatic carbocycles. The minimum atomic E-state index is -0.794. The third-order valence-electron chi connectivity index (χ3n) is 6.09.